The Morgan fingerprint density at radius 2 is 1.97 bits per heavy atom. The average molecular weight is 518 g/mol. The molecule has 0 spiro atoms. The number of anilines is 2. The molecule has 3 aliphatic heterocycles. The molecule has 2 aromatic rings. The van der Waals surface area contributed by atoms with Gasteiger partial charge in [0.05, 0.1) is 18.2 Å². The van der Waals surface area contributed by atoms with Crippen molar-refractivity contribution in [1.82, 2.24) is 4.90 Å². The van der Waals surface area contributed by atoms with Crippen molar-refractivity contribution in [2.75, 3.05) is 41.8 Å². The molecule has 6 nitrogen and oxygen atoms in total. The summed E-state index contributed by atoms with van der Waals surface area (Å²) in [7, 11) is 0. The molecular weight excluding hydrogens is 491 g/mol. The first-order valence-corrected chi connectivity index (χ1v) is 13.0. The van der Waals surface area contributed by atoms with Crippen molar-refractivity contribution in [2.24, 2.45) is 0 Å². The van der Waals surface area contributed by atoms with Crippen LogP contribution in [0.1, 0.15) is 29.5 Å². The Hall–Kier alpha value is -2.98. The molecule has 190 valence electrons. The van der Waals surface area contributed by atoms with Crippen molar-refractivity contribution in [1.29, 1.82) is 0 Å². The van der Waals surface area contributed by atoms with E-state index < -0.39 is 17.6 Å². The standard InChI is InChI=1S/C26H26F3N3O3S/c27-26(28,29)18-4-6-20-16(2-1-9-35-23(20)14-18)13-24(33)30-19-5-3-17-12-22(25(34)31-21(17)15-19)32-7-10-36-11-8-32/h3-6,13-15,22H,1-2,7-12H2,(H,30,33)(H,31,34). The molecule has 1 atom stereocenters. The first-order valence-electron chi connectivity index (χ1n) is 11.9. The average Bonchev–Trinajstić information content (AvgIpc) is 3.05. The first kappa shape index (κ1) is 24.7. The van der Waals surface area contributed by atoms with E-state index in [1.165, 1.54) is 12.1 Å². The second-order valence-electron chi connectivity index (χ2n) is 9.05. The van der Waals surface area contributed by atoms with Crippen LogP contribution in [0.3, 0.4) is 0 Å². The van der Waals surface area contributed by atoms with E-state index in [1.807, 2.05) is 17.8 Å². The van der Waals surface area contributed by atoms with Crippen molar-refractivity contribution in [2.45, 2.75) is 31.5 Å². The molecule has 2 aromatic carbocycles. The minimum atomic E-state index is -4.47. The second kappa shape index (κ2) is 10.2. The molecule has 10 heteroatoms. The predicted octanol–water partition coefficient (Wildman–Crippen LogP) is 4.81. The Morgan fingerprint density at radius 3 is 2.75 bits per heavy atom. The molecule has 0 aliphatic carbocycles. The quantitative estimate of drug-likeness (QED) is 0.572. The van der Waals surface area contributed by atoms with Gasteiger partial charge in [0.25, 0.3) is 0 Å². The Labute approximate surface area is 211 Å². The third kappa shape index (κ3) is 5.39. The minimum Gasteiger partial charge on any atom is -0.493 e. The lowest BCUT2D eigenvalue weighted by molar-refractivity contribution is -0.137. The summed E-state index contributed by atoms with van der Waals surface area (Å²) < 4.78 is 44.8. The van der Waals surface area contributed by atoms with E-state index in [0.717, 1.165) is 42.3 Å². The van der Waals surface area contributed by atoms with Crippen LogP contribution in [0.2, 0.25) is 0 Å². The Morgan fingerprint density at radius 1 is 1.17 bits per heavy atom. The molecule has 1 unspecified atom stereocenters. The van der Waals surface area contributed by atoms with Gasteiger partial charge in [-0.15, -0.1) is 0 Å². The Bertz CT molecular complexity index is 1210. The largest absolute Gasteiger partial charge is 0.493 e. The minimum absolute atomic E-state index is 0.0340. The van der Waals surface area contributed by atoms with Crippen LogP contribution in [0, 0.1) is 0 Å². The van der Waals surface area contributed by atoms with Crippen LogP contribution in [-0.4, -0.2) is 54.0 Å². The molecule has 2 amide bonds. The lowest BCUT2D eigenvalue weighted by Crippen LogP contribution is -2.50. The van der Waals surface area contributed by atoms with Crippen molar-refractivity contribution in [3.63, 3.8) is 0 Å². The number of thioether (sulfide) groups is 1. The van der Waals surface area contributed by atoms with Crippen molar-refractivity contribution < 1.29 is 27.5 Å². The van der Waals surface area contributed by atoms with Gasteiger partial charge in [-0.25, -0.2) is 0 Å². The van der Waals surface area contributed by atoms with Crippen LogP contribution in [-0.2, 0) is 22.2 Å². The van der Waals surface area contributed by atoms with Gasteiger partial charge < -0.3 is 15.4 Å². The molecule has 3 heterocycles. The third-order valence-corrected chi connectivity index (χ3v) is 7.59. The summed E-state index contributed by atoms with van der Waals surface area (Å²) in [6.07, 6.45) is -1.36. The summed E-state index contributed by atoms with van der Waals surface area (Å²) in [5.74, 6) is 1.74. The maximum atomic E-state index is 13.1. The number of hydrogen-bond donors (Lipinski definition) is 2. The van der Waals surface area contributed by atoms with Crippen LogP contribution >= 0.6 is 11.8 Å². The number of fused-ring (bicyclic) bond motifs is 2. The van der Waals surface area contributed by atoms with Crippen LogP contribution < -0.4 is 15.4 Å². The number of nitrogens with one attached hydrogen (secondary N) is 2. The molecule has 1 fully saturated rings. The van der Waals surface area contributed by atoms with E-state index in [9.17, 15) is 22.8 Å². The van der Waals surface area contributed by atoms with Crippen LogP contribution in [0.5, 0.6) is 5.75 Å². The van der Waals surface area contributed by atoms with Crippen molar-refractivity contribution >= 4 is 40.5 Å². The van der Waals surface area contributed by atoms with E-state index in [2.05, 4.69) is 15.5 Å². The number of alkyl halides is 3. The highest BCUT2D eigenvalue weighted by Crippen LogP contribution is 2.38. The second-order valence-corrected chi connectivity index (χ2v) is 10.3. The SMILES string of the molecule is O=C(C=C1CCCOc2cc(C(F)(F)F)ccc21)Nc1ccc2c(c1)NC(=O)C(N1CCSCC1)C2. The molecule has 36 heavy (non-hydrogen) atoms. The van der Waals surface area contributed by atoms with Gasteiger partial charge in [0, 0.05) is 47.6 Å². The molecule has 3 aliphatic rings. The fourth-order valence-electron chi connectivity index (χ4n) is 4.80. The number of allylic oxidation sites excluding steroid dienone is 1. The number of halogens is 3. The monoisotopic (exact) mass is 517 g/mol. The summed E-state index contributed by atoms with van der Waals surface area (Å²) in [4.78, 5) is 27.8. The number of rotatable bonds is 3. The van der Waals surface area contributed by atoms with Crippen LogP contribution in [0.25, 0.3) is 5.57 Å². The molecule has 0 radical (unpaired) electrons. The fourth-order valence-corrected chi connectivity index (χ4v) is 5.73. The zero-order valence-corrected chi connectivity index (χ0v) is 20.3. The molecular formula is C26H26F3N3O3S. The van der Waals surface area contributed by atoms with E-state index in [-0.39, 0.29) is 24.3 Å². The van der Waals surface area contributed by atoms with Crippen LogP contribution in [0.4, 0.5) is 24.5 Å². The van der Waals surface area contributed by atoms with Crippen LogP contribution in [0.15, 0.2) is 42.5 Å². The topological polar surface area (TPSA) is 70.7 Å². The van der Waals surface area contributed by atoms with Gasteiger partial charge in [-0.05, 0) is 54.7 Å². The number of hydrogen-bond acceptors (Lipinski definition) is 5. The summed E-state index contributed by atoms with van der Waals surface area (Å²) in [6.45, 7) is 2.06. The van der Waals surface area contributed by atoms with E-state index in [1.54, 1.807) is 12.1 Å². The highest BCUT2D eigenvalue weighted by molar-refractivity contribution is 7.99. The van der Waals surface area contributed by atoms with E-state index >= 15 is 0 Å². The number of nitrogens with zero attached hydrogens (tertiary/aromatic N) is 1. The van der Waals surface area contributed by atoms with Gasteiger partial charge in [0.1, 0.15) is 5.75 Å². The molecule has 0 aromatic heterocycles. The zero-order chi connectivity index (χ0) is 25.3. The van der Waals surface area contributed by atoms with Crippen molar-refractivity contribution in [3.05, 3.63) is 59.2 Å². The number of carbonyl (C=O) groups excluding carboxylic acids is 2. The van der Waals surface area contributed by atoms with Gasteiger partial charge in [-0.1, -0.05) is 12.1 Å². The molecule has 5 rings (SSSR count). The molecule has 2 N–H and O–H groups in total. The van der Waals surface area contributed by atoms with Gasteiger partial charge in [0.2, 0.25) is 11.8 Å². The first-order chi connectivity index (χ1) is 17.3. The highest BCUT2D eigenvalue weighted by Gasteiger charge is 2.33. The molecule has 0 saturated carbocycles. The Balaban J connectivity index is 1.31. The third-order valence-electron chi connectivity index (χ3n) is 6.65. The zero-order valence-electron chi connectivity index (χ0n) is 19.5. The van der Waals surface area contributed by atoms with Gasteiger partial charge >= 0.3 is 6.18 Å². The predicted molar refractivity (Wildman–Crippen MR) is 134 cm³/mol. The van der Waals surface area contributed by atoms with Gasteiger partial charge in [-0.3, -0.25) is 14.5 Å². The number of amides is 2. The summed E-state index contributed by atoms with van der Waals surface area (Å²) in [5.41, 5.74) is 2.54. The number of carbonyl (C=O) groups is 2. The molecule has 1 saturated heterocycles. The highest BCUT2D eigenvalue weighted by atomic mass is 32.2. The lowest BCUT2D eigenvalue weighted by atomic mass is 9.97. The fraction of sp³-hybridized carbons (Fsp3) is 0.385. The molecule has 0 bridgehead atoms. The summed E-state index contributed by atoms with van der Waals surface area (Å²) in [5, 5.41) is 5.79. The summed E-state index contributed by atoms with van der Waals surface area (Å²) >= 11 is 1.90. The summed E-state index contributed by atoms with van der Waals surface area (Å²) in [6, 6.07) is 8.61. The van der Waals surface area contributed by atoms with Gasteiger partial charge in [0.15, 0.2) is 0 Å². The number of benzene rings is 2. The van der Waals surface area contributed by atoms with Crippen molar-refractivity contribution in [3.8, 4) is 5.75 Å². The maximum Gasteiger partial charge on any atom is 0.416 e. The van der Waals surface area contributed by atoms with Gasteiger partial charge in [-0.2, -0.15) is 24.9 Å². The van der Waals surface area contributed by atoms with E-state index in [0.29, 0.717) is 41.8 Å². The van der Waals surface area contributed by atoms with E-state index in [4.69, 9.17) is 4.74 Å². The smallest absolute Gasteiger partial charge is 0.416 e. The maximum absolute atomic E-state index is 13.1. The Kier molecular flexibility index (Phi) is 6.98. The number of ether oxygens (including phenoxy) is 1. The lowest BCUT2D eigenvalue weighted by Gasteiger charge is -2.36. The normalized spacial score (nSPS) is 21.6.